The monoisotopic (exact) mass is 346 g/mol. The number of piperidine rings is 3. The number of aliphatic hydroxyl groups excluding tert-OH is 1. The number of phenols is 1. The summed E-state index contributed by atoms with van der Waals surface area (Å²) in [5.74, 6) is 1.44. The molecule has 0 saturated carbocycles. The maximum Gasteiger partial charge on any atom is 0.131 e. The molecule has 0 spiro atoms. The number of fused-ring (bicyclic) bond motifs is 4. The van der Waals surface area contributed by atoms with E-state index >= 15 is 0 Å². The number of aromatic nitrogens is 1. The van der Waals surface area contributed by atoms with E-state index in [1.165, 1.54) is 11.3 Å². The number of hydrogen-bond donors (Lipinski definition) is 3. The Morgan fingerprint density at radius 3 is 2.88 bits per heavy atom. The van der Waals surface area contributed by atoms with Gasteiger partial charge in [-0.3, -0.25) is 4.98 Å². The van der Waals surface area contributed by atoms with Crippen LogP contribution in [0.3, 0.4) is 0 Å². The Labute approximate surface area is 148 Å². The fourth-order valence-corrected chi connectivity index (χ4v) is 4.54. The first-order valence-corrected chi connectivity index (χ1v) is 8.40. The summed E-state index contributed by atoms with van der Waals surface area (Å²) >= 11 is 0. The van der Waals surface area contributed by atoms with Gasteiger partial charge in [-0.05, 0) is 35.7 Å². The lowest BCUT2D eigenvalue weighted by Gasteiger charge is -2.47. The second-order valence-corrected chi connectivity index (χ2v) is 6.95. The average molecular weight is 347 g/mol. The van der Waals surface area contributed by atoms with Crippen LogP contribution >= 0.6 is 0 Å². The number of quaternary nitrogens is 1. The molecule has 5 heteroatoms. The molecular weight excluding hydrogens is 324 g/mol. The molecule has 0 aliphatic carbocycles. The van der Waals surface area contributed by atoms with Gasteiger partial charge in [0.25, 0.3) is 0 Å². The molecule has 3 N–H and O–H groups in total. The third-order valence-electron chi connectivity index (χ3n) is 5.78. The molecule has 128 valence electrons. The molecule has 3 saturated heterocycles. The first-order chi connectivity index (χ1) is 11.2. The Morgan fingerprint density at radius 2 is 2.17 bits per heavy atom. The van der Waals surface area contributed by atoms with E-state index in [2.05, 4.69) is 17.6 Å². The zero-order valence-electron chi connectivity index (χ0n) is 13.5. The molecule has 0 amide bonds. The minimum Gasteiger partial charge on any atom is -1.00 e. The Morgan fingerprint density at radius 1 is 1.33 bits per heavy atom. The second-order valence-electron chi connectivity index (χ2n) is 6.95. The molecule has 1 aromatic carbocycles. The van der Waals surface area contributed by atoms with Gasteiger partial charge in [0.1, 0.15) is 17.9 Å². The van der Waals surface area contributed by atoms with Crippen LogP contribution in [0.15, 0.2) is 43.1 Å². The van der Waals surface area contributed by atoms with E-state index in [4.69, 9.17) is 0 Å². The maximum absolute atomic E-state index is 11.1. The summed E-state index contributed by atoms with van der Waals surface area (Å²) in [5, 5.41) is 21.7. The standard InChI is InChI=1S/C19H22N2O2.ClH/c1-2-12-11-21-8-6-13(12)9-18(21)19(23)15-5-7-20-17-4-3-14(22)10-16(15)17;/h2-5,7,10,12-13,18-19,22-23H,1,6,8-9,11H2;1H. The van der Waals surface area contributed by atoms with Gasteiger partial charge in [-0.1, -0.05) is 6.08 Å². The van der Waals surface area contributed by atoms with Gasteiger partial charge in [0, 0.05) is 30.3 Å². The highest BCUT2D eigenvalue weighted by atomic mass is 35.5. The largest absolute Gasteiger partial charge is 1.00 e. The van der Waals surface area contributed by atoms with Crippen molar-refractivity contribution in [2.75, 3.05) is 13.1 Å². The van der Waals surface area contributed by atoms with Crippen molar-refractivity contribution in [1.82, 2.24) is 4.98 Å². The van der Waals surface area contributed by atoms with Gasteiger partial charge in [0.05, 0.1) is 18.6 Å². The smallest absolute Gasteiger partial charge is 0.131 e. The number of phenolic OH excluding ortho intramolecular Hbond substituents is 1. The molecule has 1 aromatic heterocycles. The van der Waals surface area contributed by atoms with Gasteiger partial charge in [0.2, 0.25) is 0 Å². The number of nitrogens with zero attached hydrogens (tertiary/aromatic N) is 1. The number of hydrogen-bond acceptors (Lipinski definition) is 3. The van der Waals surface area contributed by atoms with E-state index in [9.17, 15) is 10.2 Å². The Balaban J connectivity index is 0.00000169. The molecule has 3 aliphatic rings. The lowest BCUT2D eigenvalue weighted by molar-refractivity contribution is -0.949. The maximum atomic E-state index is 11.1. The lowest BCUT2D eigenvalue weighted by atomic mass is 9.73. The third-order valence-corrected chi connectivity index (χ3v) is 5.78. The van der Waals surface area contributed by atoms with Crippen molar-refractivity contribution in [3.05, 3.63) is 48.7 Å². The summed E-state index contributed by atoms with van der Waals surface area (Å²) in [6.07, 6.45) is 5.58. The number of rotatable bonds is 3. The number of benzene rings is 1. The molecule has 5 atom stereocenters. The molecule has 4 heterocycles. The highest BCUT2D eigenvalue weighted by molar-refractivity contribution is 5.83. The molecule has 2 bridgehead atoms. The van der Waals surface area contributed by atoms with Crippen molar-refractivity contribution in [1.29, 1.82) is 0 Å². The van der Waals surface area contributed by atoms with Crippen LogP contribution < -0.4 is 17.3 Å². The van der Waals surface area contributed by atoms with Crippen LogP contribution in [-0.4, -0.2) is 34.3 Å². The van der Waals surface area contributed by atoms with Gasteiger partial charge in [-0.15, -0.1) is 6.58 Å². The zero-order valence-corrected chi connectivity index (χ0v) is 14.3. The van der Waals surface area contributed by atoms with Crippen LogP contribution in [0, 0.1) is 11.8 Å². The van der Waals surface area contributed by atoms with Gasteiger partial charge in [-0.25, -0.2) is 0 Å². The number of halogens is 1. The molecule has 5 unspecified atom stereocenters. The molecular formula is C19H23ClN2O2. The summed E-state index contributed by atoms with van der Waals surface area (Å²) in [5.41, 5.74) is 1.69. The fourth-order valence-electron chi connectivity index (χ4n) is 4.54. The first-order valence-electron chi connectivity index (χ1n) is 8.40. The highest BCUT2D eigenvalue weighted by Crippen LogP contribution is 2.34. The van der Waals surface area contributed by atoms with Crippen molar-refractivity contribution in [2.24, 2.45) is 11.8 Å². The highest BCUT2D eigenvalue weighted by Gasteiger charge is 2.45. The number of pyridine rings is 1. The predicted molar refractivity (Wildman–Crippen MR) is 89.3 cm³/mol. The summed E-state index contributed by atoms with van der Waals surface area (Å²) in [6.45, 7) is 6.17. The van der Waals surface area contributed by atoms with Gasteiger partial charge >= 0.3 is 0 Å². The molecule has 5 rings (SSSR count). The molecule has 3 aliphatic heterocycles. The van der Waals surface area contributed by atoms with E-state index in [-0.39, 0.29) is 24.2 Å². The minimum atomic E-state index is -0.522. The van der Waals surface area contributed by atoms with E-state index in [1.807, 2.05) is 6.07 Å². The Kier molecular flexibility index (Phi) is 4.81. The van der Waals surface area contributed by atoms with E-state index in [0.29, 0.717) is 11.8 Å². The molecule has 0 radical (unpaired) electrons. The molecule has 4 nitrogen and oxygen atoms in total. The van der Waals surface area contributed by atoms with E-state index in [0.717, 1.165) is 36.0 Å². The van der Waals surface area contributed by atoms with Gasteiger partial charge in [0.15, 0.2) is 0 Å². The Hall–Kier alpha value is -1.62. The minimum absolute atomic E-state index is 0. The molecule has 24 heavy (non-hydrogen) atoms. The van der Waals surface area contributed by atoms with Crippen LogP contribution in [0.5, 0.6) is 5.75 Å². The van der Waals surface area contributed by atoms with Crippen LogP contribution in [0.25, 0.3) is 10.9 Å². The summed E-state index contributed by atoms with van der Waals surface area (Å²) in [6, 6.07) is 7.25. The fraction of sp³-hybridized carbons (Fsp3) is 0.421. The van der Waals surface area contributed by atoms with Crippen molar-refractivity contribution in [3.63, 3.8) is 0 Å². The van der Waals surface area contributed by atoms with E-state index in [1.54, 1.807) is 24.4 Å². The zero-order chi connectivity index (χ0) is 16.0. The summed E-state index contributed by atoms with van der Waals surface area (Å²) in [7, 11) is 0. The van der Waals surface area contributed by atoms with Crippen molar-refractivity contribution in [3.8, 4) is 5.75 Å². The topological polar surface area (TPSA) is 57.8 Å². The van der Waals surface area contributed by atoms with Gasteiger partial charge < -0.3 is 27.5 Å². The van der Waals surface area contributed by atoms with Crippen LogP contribution in [0.4, 0.5) is 0 Å². The van der Waals surface area contributed by atoms with Gasteiger partial charge in [-0.2, -0.15) is 0 Å². The second kappa shape index (κ2) is 6.71. The van der Waals surface area contributed by atoms with Crippen LogP contribution in [0.2, 0.25) is 0 Å². The summed E-state index contributed by atoms with van der Waals surface area (Å²) < 4.78 is 0. The van der Waals surface area contributed by atoms with Crippen molar-refractivity contribution in [2.45, 2.75) is 25.0 Å². The van der Waals surface area contributed by atoms with E-state index < -0.39 is 6.10 Å². The average Bonchev–Trinajstić information content (AvgIpc) is 2.60. The van der Waals surface area contributed by atoms with Crippen LogP contribution in [0.1, 0.15) is 24.5 Å². The lowest BCUT2D eigenvalue weighted by Crippen LogP contribution is -3.20. The third kappa shape index (κ3) is 2.79. The SMILES string of the molecule is C=CC1C[NH+]2CCC1CC2C(O)c1ccnc2ccc(O)cc12.[Cl-]. The van der Waals surface area contributed by atoms with Crippen LogP contribution in [-0.2, 0) is 0 Å². The summed E-state index contributed by atoms with van der Waals surface area (Å²) in [4.78, 5) is 5.82. The number of nitrogens with one attached hydrogen (secondary N) is 1. The predicted octanol–water partition coefficient (Wildman–Crippen LogP) is -1.54. The first kappa shape index (κ1) is 17.2. The quantitative estimate of drug-likeness (QED) is 0.590. The molecule has 2 aromatic rings. The number of aromatic hydroxyl groups is 1. The van der Waals surface area contributed by atoms with Crippen molar-refractivity contribution < 1.29 is 27.5 Å². The normalized spacial score (nSPS) is 29.9. The number of aliphatic hydroxyl groups is 1. The Bertz CT molecular complexity index is 751. The molecule has 3 fully saturated rings. The van der Waals surface area contributed by atoms with Crippen molar-refractivity contribution >= 4 is 10.9 Å².